The average Bonchev–Trinajstić information content (AvgIpc) is 2.39. The third-order valence-corrected chi connectivity index (χ3v) is 2.24. The topological polar surface area (TPSA) is 12.4 Å². The Morgan fingerprint density at radius 3 is 2.20 bits per heavy atom. The standard InChI is InChI=1S/C12H19N.C2H6/c1-5-10-7-11(6-2)13-9-12(3,4)8-10;1-2/h7-9H,5-6H2,1-4H3;1-2H3. The molecule has 0 saturated carbocycles. The van der Waals surface area contributed by atoms with Crippen LogP contribution < -0.4 is 0 Å². The monoisotopic (exact) mass is 207 g/mol. The predicted octanol–water partition coefficient (Wildman–Crippen LogP) is 4.75. The molecule has 1 rings (SSSR count). The van der Waals surface area contributed by atoms with Crippen LogP contribution in [0.5, 0.6) is 0 Å². The summed E-state index contributed by atoms with van der Waals surface area (Å²) in [4.78, 5) is 4.48. The van der Waals surface area contributed by atoms with Crippen LogP contribution in [0.4, 0.5) is 0 Å². The third-order valence-electron chi connectivity index (χ3n) is 2.24. The van der Waals surface area contributed by atoms with Crippen molar-refractivity contribution < 1.29 is 0 Å². The first-order chi connectivity index (χ1) is 7.07. The van der Waals surface area contributed by atoms with Crippen molar-refractivity contribution >= 4 is 6.21 Å². The van der Waals surface area contributed by atoms with Crippen LogP contribution in [0.25, 0.3) is 0 Å². The second-order valence-electron chi connectivity index (χ2n) is 4.14. The van der Waals surface area contributed by atoms with E-state index in [9.17, 15) is 0 Å². The van der Waals surface area contributed by atoms with Gasteiger partial charge in [-0.15, -0.1) is 0 Å². The fourth-order valence-corrected chi connectivity index (χ4v) is 1.45. The SMILES string of the molecule is CC.CCC1=CC(C)(C)C=NC(CC)=C1. The first kappa shape index (κ1) is 14.2. The second-order valence-corrected chi connectivity index (χ2v) is 4.14. The van der Waals surface area contributed by atoms with E-state index in [0.29, 0.717) is 0 Å². The van der Waals surface area contributed by atoms with Gasteiger partial charge in [-0.1, -0.05) is 47.6 Å². The zero-order valence-electron chi connectivity index (χ0n) is 11.1. The molecular formula is C14H25N. The van der Waals surface area contributed by atoms with Gasteiger partial charge in [0.2, 0.25) is 0 Å². The molecule has 1 aliphatic heterocycles. The molecule has 0 fully saturated rings. The first-order valence-corrected chi connectivity index (χ1v) is 6.05. The maximum absolute atomic E-state index is 4.48. The minimum absolute atomic E-state index is 0.110. The molecule has 0 saturated heterocycles. The first-order valence-electron chi connectivity index (χ1n) is 6.05. The van der Waals surface area contributed by atoms with Gasteiger partial charge in [-0.05, 0) is 24.5 Å². The van der Waals surface area contributed by atoms with E-state index in [4.69, 9.17) is 0 Å². The van der Waals surface area contributed by atoms with Crippen molar-refractivity contribution in [2.24, 2.45) is 10.4 Å². The number of rotatable bonds is 2. The molecule has 0 atom stereocenters. The maximum atomic E-state index is 4.48. The lowest BCUT2D eigenvalue weighted by Gasteiger charge is -2.13. The molecule has 1 heteroatoms. The van der Waals surface area contributed by atoms with Gasteiger partial charge in [-0.25, -0.2) is 0 Å². The van der Waals surface area contributed by atoms with E-state index in [1.807, 2.05) is 20.1 Å². The summed E-state index contributed by atoms with van der Waals surface area (Å²) in [5.74, 6) is 0. The van der Waals surface area contributed by atoms with Crippen molar-refractivity contribution in [3.8, 4) is 0 Å². The Bertz CT molecular complexity index is 267. The largest absolute Gasteiger partial charge is 0.265 e. The van der Waals surface area contributed by atoms with Crippen LogP contribution in [-0.4, -0.2) is 6.21 Å². The Balaban J connectivity index is 0.000000921. The van der Waals surface area contributed by atoms with Crippen LogP contribution in [0.2, 0.25) is 0 Å². The molecule has 0 aromatic rings. The third kappa shape index (κ3) is 4.96. The van der Waals surface area contributed by atoms with Crippen molar-refractivity contribution in [3.63, 3.8) is 0 Å². The van der Waals surface area contributed by atoms with Crippen LogP contribution in [-0.2, 0) is 0 Å². The highest BCUT2D eigenvalue weighted by Gasteiger charge is 2.14. The lowest BCUT2D eigenvalue weighted by Crippen LogP contribution is -2.08. The number of allylic oxidation sites excluding steroid dienone is 4. The van der Waals surface area contributed by atoms with E-state index in [0.717, 1.165) is 12.8 Å². The summed E-state index contributed by atoms with van der Waals surface area (Å²) in [6.07, 6.45) is 8.68. The Kier molecular flexibility index (Phi) is 6.23. The molecule has 0 aliphatic carbocycles. The van der Waals surface area contributed by atoms with Gasteiger partial charge in [-0.3, -0.25) is 4.99 Å². The zero-order chi connectivity index (χ0) is 11.9. The molecule has 0 N–H and O–H groups in total. The Morgan fingerprint density at radius 2 is 1.73 bits per heavy atom. The Hall–Kier alpha value is -0.850. The minimum Gasteiger partial charge on any atom is -0.265 e. The summed E-state index contributed by atoms with van der Waals surface area (Å²) >= 11 is 0. The number of nitrogens with zero attached hydrogens (tertiary/aromatic N) is 1. The molecular weight excluding hydrogens is 182 g/mol. The van der Waals surface area contributed by atoms with Crippen LogP contribution in [0, 0.1) is 5.41 Å². The lowest BCUT2D eigenvalue weighted by molar-refractivity contribution is 0.687. The fourth-order valence-electron chi connectivity index (χ4n) is 1.45. The quantitative estimate of drug-likeness (QED) is 0.619. The highest BCUT2D eigenvalue weighted by atomic mass is 14.7. The zero-order valence-corrected chi connectivity index (χ0v) is 11.1. The molecule has 15 heavy (non-hydrogen) atoms. The van der Waals surface area contributed by atoms with Crippen LogP contribution in [0.3, 0.4) is 0 Å². The van der Waals surface area contributed by atoms with Crippen LogP contribution in [0.1, 0.15) is 54.4 Å². The number of hydrogen-bond acceptors (Lipinski definition) is 1. The molecule has 1 nitrogen and oxygen atoms in total. The molecule has 0 unspecified atom stereocenters. The summed E-state index contributed by atoms with van der Waals surface area (Å²) in [5, 5.41) is 0. The van der Waals surface area contributed by atoms with Crippen molar-refractivity contribution in [1.82, 2.24) is 0 Å². The summed E-state index contributed by atoms with van der Waals surface area (Å²) in [5.41, 5.74) is 2.71. The average molecular weight is 207 g/mol. The van der Waals surface area contributed by atoms with E-state index in [1.165, 1.54) is 11.3 Å². The van der Waals surface area contributed by atoms with Crippen molar-refractivity contribution in [2.75, 3.05) is 0 Å². The molecule has 0 amide bonds. The molecule has 1 aliphatic rings. The van der Waals surface area contributed by atoms with Crippen molar-refractivity contribution in [3.05, 3.63) is 23.4 Å². The number of aliphatic imine (C=N–C) groups is 1. The van der Waals surface area contributed by atoms with Gasteiger partial charge in [0, 0.05) is 17.3 Å². The van der Waals surface area contributed by atoms with Gasteiger partial charge in [-0.2, -0.15) is 0 Å². The normalized spacial score (nSPS) is 18.3. The van der Waals surface area contributed by atoms with Crippen LogP contribution >= 0.6 is 0 Å². The predicted molar refractivity (Wildman–Crippen MR) is 70.4 cm³/mol. The van der Waals surface area contributed by atoms with Gasteiger partial charge in [0.1, 0.15) is 0 Å². The van der Waals surface area contributed by atoms with E-state index in [-0.39, 0.29) is 5.41 Å². The molecule has 1 heterocycles. The number of hydrogen-bond donors (Lipinski definition) is 0. The molecule has 86 valence electrons. The minimum atomic E-state index is 0.110. The van der Waals surface area contributed by atoms with Crippen molar-refractivity contribution in [1.29, 1.82) is 0 Å². The summed E-state index contributed by atoms with van der Waals surface area (Å²) in [6.45, 7) is 12.7. The smallest absolute Gasteiger partial charge is 0.0399 e. The van der Waals surface area contributed by atoms with Gasteiger partial charge < -0.3 is 0 Å². The molecule has 0 bridgehead atoms. The molecule has 0 radical (unpaired) electrons. The summed E-state index contributed by atoms with van der Waals surface area (Å²) < 4.78 is 0. The fraction of sp³-hybridized carbons (Fsp3) is 0.643. The van der Waals surface area contributed by atoms with Crippen molar-refractivity contribution in [2.45, 2.75) is 54.4 Å². The molecule has 0 spiro atoms. The molecule has 0 aromatic heterocycles. The summed E-state index contributed by atoms with van der Waals surface area (Å²) in [6, 6.07) is 0. The van der Waals surface area contributed by atoms with Gasteiger partial charge in [0.15, 0.2) is 0 Å². The van der Waals surface area contributed by atoms with E-state index in [1.54, 1.807) is 0 Å². The maximum Gasteiger partial charge on any atom is 0.0399 e. The van der Waals surface area contributed by atoms with E-state index < -0.39 is 0 Å². The van der Waals surface area contributed by atoms with Crippen LogP contribution in [0.15, 0.2) is 28.4 Å². The van der Waals surface area contributed by atoms with Gasteiger partial charge in [0.25, 0.3) is 0 Å². The van der Waals surface area contributed by atoms with E-state index in [2.05, 4.69) is 44.8 Å². The Morgan fingerprint density at radius 1 is 1.13 bits per heavy atom. The Labute approximate surface area is 95.0 Å². The lowest BCUT2D eigenvalue weighted by atomic mass is 9.92. The second kappa shape index (κ2) is 6.60. The van der Waals surface area contributed by atoms with E-state index >= 15 is 0 Å². The summed E-state index contributed by atoms with van der Waals surface area (Å²) in [7, 11) is 0. The molecule has 0 aromatic carbocycles. The highest BCUT2D eigenvalue weighted by Crippen LogP contribution is 2.24. The van der Waals surface area contributed by atoms with Gasteiger partial charge in [0.05, 0.1) is 0 Å². The highest BCUT2D eigenvalue weighted by molar-refractivity contribution is 5.70. The van der Waals surface area contributed by atoms with Gasteiger partial charge >= 0.3 is 0 Å².